The van der Waals surface area contributed by atoms with E-state index in [0.717, 1.165) is 11.4 Å². The van der Waals surface area contributed by atoms with E-state index in [4.69, 9.17) is 9.84 Å². The van der Waals surface area contributed by atoms with Gasteiger partial charge in [-0.05, 0) is 24.3 Å². The predicted molar refractivity (Wildman–Crippen MR) is 87.2 cm³/mol. The number of allylic oxidation sites excluding steroid dienone is 1. The molecule has 0 spiro atoms. The lowest BCUT2D eigenvalue weighted by atomic mass is 10.1. The molecule has 2 N–H and O–H groups in total. The number of ketones is 1. The van der Waals surface area contributed by atoms with Crippen LogP contribution in [0.3, 0.4) is 0 Å². The lowest BCUT2D eigenvalue weighted by molar-refractivity contribution is 0.104. The number of aliphatic hydroxyl groups excluding tert-OH is 1. The molecule has 4 nitrogen and oxygen atoms in total. The Kier molecular flexibility index (Phi) is 6.20. The van der Waals surface area contributed by atoms with E-state index < -0.39 is 0 Å². The third-order valence-corrected chi connectivity index (χ3v) is 2.97. The van der Waals surface area contributed by atoms with Crippen molar-refractivity contribution in [2.24, 2.45) is 0 Å². The molecule has 2 aromatic carbocycles. The number of anilines is 1. The first-order chi connectivity index (χ1) is 10.8. The van der Waals surface area contributed by atoms with Crippen molar-refractivity contribution in [3.05, 3.63) is 72.4 Å². The highest BCUT2D eigenvalue weighted by Crippen LogP contribution is 2.15. The van der Waals surface area contributed by atoms with Gasteiger partial charge in [-0.15, -0.1) is 0 Å². The molecule has 0 heterocycles. The van der Waals surface area contributed by atoms with Crippen molar-refractivity contribution in [1.29, 1.82) is 0 Å². The van der Waals surface area contributed by atoms with E-state index in [1.165, 1.54) is 6.08 Å². The molecule has 0 saturated carbocycles. The van der Waals surface area contributed by atoms with Crippen LogP contribution in [0, 0.1) is 0 Å². The zero-order chi connectivity index (χ0) is 15.6. The molecule has 0 aliphatic heterocycles. The van der Waals surface area contributed by atoms with Gasteiger partial charge in [-0.3, -0.25) is 4.79 Å². The largest absolute Gasteiger partial charge is 0.494 e. The Bertz CT molecular complexity index is 606. The van der Waals surface area contributed by atoms with Gasteiger partial charge in [0.15, 0.2) is 5.78 Å². The Morgan fingerprint density at radius 3 is 2.50 bits per heavy atom. The molecule has 0 saturated heterocycles. The highest BCUT2D eigenvalue weighted by atomic mass is 16.5. The van der Waals surface area contributed by atoms with Crippen LogP contribution in [0.5, 0.6) is 5.75 Å². The first kappa shape index (κ1) is 15.8. The van der Waals surface area contributed by atoms with Crippen molar-refractivity contribution in [1.82, 2.24) is 0 Å². The summed E-state index contributed by atoms with van der Waals surface area (Å²) in [5, 5.41) is 11.7. The quantitative estimate of drug-likeness (QED) is 0.446. The summed E-state index contributed by atoms with van der Waals surface area (Å²) in [6.07, 6.45) is 3.74. The molecule has 0 radical (unpaired) electrons. The fraction of sp³-hybridized carbons (Fsp3) is 0.167. The van der Waals surface area contributed by atoms with Crippen molar-refractivity contribution in [2.75, 3.05) is 18.5 Å². The smallest absolute Gasteiger partial charge is 0.187 e. The molecule has 2 rings (SSSR count). The van der Waals surface area contributed by atoms with Crippen LogP contribution in [-0.4, -0.2) is 24.1 Å². The predicted octanol–water partition coefficient (Wildman–Crippen LogP) is 3.26. The summed E-state index contributed by atoms with van der Waals surface area (Å²) in [5.41, 5.74) is 1.53. The van der Waals surface area contributed by atoms with Crippen LogP contribution in [0.2, 0.25) is 0 Å². The van der Waals surface area contributed by atoms with Crippen LogP contribution in [0.25, 0.3) is 0 Å². The number of benzene rings is 2. The topological polar surface area (TPSA) is 58.6 Å². The minimum atomic E-state index is -0.0444. The Labute approximate surface area is 130 Å². The Morgan fingerprint density at radius 2 is 1.82 bits per heavy atom. The number of hydrogen-bond donors (Lipinski definition) is 2. The Morgan fingerprint density at radius 1 is 1.09 bits per heavy atom. The zero-order valence-corrected chi connectivity index (χ0v) is 12.2. The molecule has 0 fully saturated rings. The number of nitrogens with one attached hydrogen (secondary N) is 1. The number of aliphatic hydroxyl groups is 1. The molecule has 0 unspecified atom stereocenters. The fourth-order valence-corrected chi connectivity index (χ4v) is 1.81. The normalized spacial score (nSPS) is 10.6. The molecule has 0 bridgehead atoms. The molecule has 0 atom stereocenters. The number of carbonyl (C=O) groups excluding carboxylic acids is 1. The van der Waals surface area contributed by atoms with E-state index in [-0.39, 0.29) is 12.4 Å². The Hall–Kier alpha value is -2.59. The van der Waals surface area contributed by atoms with E-state index in [0.29, 0.717) is 18.6 Å². The molecule has 22 heavy (non-hydrogen) atoms. The summed E-state index contributed by atoms with van der Waals surface area (Å²) >= 11 is 0. The van der Waals surface area contributed by atoms with Crippen molar-refractivity contribution in [3.8, 4) is 5.75 Å². The van der Waals surface area contributed by atoms with Gasteiger partial charge in [0.1, 0.15) is 5.75 Å². The molecule has 0 amide bonds. The van der Waals surface area contributed by atoms with Gasteiger partial charge in [-0.25, -0.2) is 0 Å². The third-order valence-electron chi connectivity index (χ3n) is 2.97. The van der Waals surface area contributed by atoms with E-state index in [2.05, 4.69) is 5.32 Å². The minimum absolute atomic E-state index is 0.0444. The van der Waals surface area contributed by atoms with Gasteiger partial charge in [0, 0.05) is 36.6 Å². The molecule has 114 valence electrons. The van der Waals surface area contributed by atoms with Gasteiger partial charge in [-0.2, -0.15) is 0 Å². The van der Waals surface area contributed by atoms with Crippen LogP contribution >= 0.6 is 0 Å². The lowest BCUT2D eigenvalue weighted by Crippen LogP contribution is -1.99. The second-order valence-corrected chi connectivity index (χ2v) is 4.66. The standard InChI is InChI=1S/C18H19NO3/c20-13-4-14-22-17-9-7-16(8-10-17)19-12-11-18(21)15-5-2-1-3-6-15/h1-3,5-12,19-20H,4,13-14H2/b12-11+. The molecule has 0 aliphatic rings. The van der Waals surface area contributed by atoms with Crippen molar-refractivity contribution in [3.63, 3.8) is 0 Å². The van der Waals surface area contributed by atoms with Gasteiger partial charge in [0.25, 0.3) is 0 Å². The van der Waals surface area contributed by atoms with Gasteiger partial charge >= 0.3 is 0 Å². The summed E-state index contributed by atoms with van der Waals surface area (Å²) in [7, 11) is 0. The van der Waals surface area contributed by atoms with Crippen LogP contribution in [0.15, 0.2) is 66.9 Å². The van der Waals surface area contributed by atoms with Crippen molar-refractivity contribution < 1.29 is 14.6 Å². The van der Waals surface area contributed by atoms with Crippen LogP contribution in [-0.2, 0) is 0 Å². The van der Waals surface area contributed by atoms with E-state index in [1.54, 1.807) is 18.3 Å². The van der Waals surface area contributed by atoms with Gasteiger partial charge in [0.2, 0.25) is 0 Å². The summed E-state index contributed by atoms with van der Waals surface area (Å²) < 4.78 is 5.44. The van der Waals surface area contributed by atoms with E-state index in [1.807, 2.05) is 42.5 Å². The first-order valence-corrected chi connectivity index (χ1v) is 7.16. The second kappa shape index (κ2) is 8.64. The summed E-state index contributed by atoms with van der Waals surface area (Å²) in [6.45, 7) is 0.620. The maximum absolute atomic E-state index is 11.9. The van der Waals surface area contributed by atoms with Crippen LogP contribution in [0.4, 0.5) is 5.69 Å². The summed E-state index contributed by atoms with van der Waals surface area (Å²) in [4.78, 5) is 11.9. The average molecular weight is 297 g/mol. The van der Waals surface area contributed by atoms with E-state index in [9.17, 15) is 4.79 Å². The maximum atomic E-state index is 11.9. The van der Waals surface area contributed by atoms with Gasteiger partial charge in [0.05, 0.1) is 6.61 Å². The second-order valence-electron chi connectivity index (χ2n) is 4.66. The van der Waals surface area contributed by atoms with Crippen LogP contribution < -0.4 is 10.1 Å². The van der Waals surface area contributed by atoms with Crippen molar-refractivity contribution >= 4 is 11.5 Å². The zero-order valence-electron chi connectivity index (χ0n) is 12.2. The molecule has 0 aliphatic carbocycles. The number of hydrogen-bond acceptors (Lipinski definition) is 4. The minimum Gasteiger partial charge on any atom is -0.494 e. The highest BCUT2D eigenvalue weighted by molar-refractivity contribution is 6.04. The molecule has 2 aromatic rings. The molecule has 0 aromatic heterocycles. The molecule has 4 heteroatoms. The van der Waals surface area contributed by atoms with E-state index >= 15 is 0 Å². The first-order valence-electron chi connectivity index (χ1n) is 7.16. The maximum Gasteiger partial charge on any atom is 0.187 e. The average Bonchev–Trinajstić information content (AvgIpc) is 2.57. The SMILES string of the molecule is O=C(/C=C/Nc1ccc(OCCCO)cc1)c1ccccc1. The van der Waals surface area contributed by atoms with Gasteiger partial charge < -0.3 is 15.2 Å². The number of rotatable bonds is 8. The number of ether oxygens (including phenoxy) is 1. The fourth-order valence-electron chi connectivity index (χ4n) is 1.81. The number of carbonyl (C=O) groups is 1. The lowest BCUT2D eigenvalue weighted by Gasteiger charge is -2.06. The van der Waals surface area contributed by atoms with Gasteiger partial charge in [-0.1, -0.05) is 30.3 Å². The molecular weight excluding hydrogens is 278 g/mol. The monoisotopic (exact) mass is 297 g/mol. The van der Waals surface area contributed by atoms with Crippen molar-refractivity contribution in [2.45, 2.75) is 6.42 Å². The summed E-state index contributed by atoms with van der Waals surface area (Å²) in [5.74, 6) is 0.709. The van der Waals surface area contributed by atoms with Crippen LogP contribution in [0.1, 0.15) is 16.8 Å². The highest BCUT2D eigenvalue weighted by Gasteiger charge is 1.99. The summed E-state index contributed by atoms with van der Waals surface area (Å²) in [6, 6.07) is 16.5. The Balaban J connectivity index is 1.83. The third kappa shape index (κ3) is 5.07. The molecular formula is C18H19NO3.